The van der Waals surface area contributed by atoms with Crippen LogP contribution in [0.2, 0.25) is 5.02 Å². The first kappa shape index (κ1) is 20.5. The first-order valence-corrected chi connectivity index (χ1v) is 8.81. The topological polar surface area (TPSA) is 92.7 Å². The number of benzene rings is 2. The second-order valence-electron chi connectivity index (χ2n) is 5.90. The van der Waals surface area contributed by atoms with Gasteiger partial charge in [-0.05, 0) is 42.2 Å². The molecule has 2 aromatic rings. The number of carbonyl (C=O) groups excluding carboxylic acids is 2. The molecule has 0 unspecified atom stereocenters. The van der Waals surface area contributed by atoms with Crippen LogP contribution >= 0.6 is 11.6 Å². The molecule has 0 aliphatic carbocycles. The fourth-order valence-corrected chi connectivity index (χ4v) is 2.80. The number of hydrogen-bond acceptors (Lipinski definition) is 4. The van der Waals surface area contributed by atoms with E-state index in [1.54, 1.807) is 13.0 Å². The standard InChI is InChI=1S/C20H20ClNO5/c1-2-27-20(26)19(25)22-17(12-18(23)24)10-13-6-8-14(9-7-13)15-4-3-5-16(21)11-15/h3-9,11,17H,2,10,12H2,1H3,(H,22,25)(H,23,24)/t17-/m1/s1. The lowest BCUT2D eigenvalue weighted by Crippen LogP contribution is -2.42. The summed E-state index contributed by atoms with van der Waals surface area (Å²) in [7, 11) is 0. The zero-order chi connectivity index (χ0) is 19.8. The molecule has 0 heterocycles. The van der Waals surface area contributed by atoms with Crippen LogP contribution in [0.15, 0.2) is 48.5 Å². The molecule has 27 heavy (non-hydrogen) atoms. The number of carbonyl (C=O) groups is 3. The van der Waals surface area contributed by atoms with Crippen LogP contribution in [0.5, 0.6) is 0 Å². The molecule has 1 amide bonds. The molecule has 1 atom stereocenters. The molecule has 6 nitrogen and oxygen atoms in total. The Labute approximate surface area is 162 Å². The lowest BCUT2D eigenvalue weighted by molar-refractivity contribution is -0.155. The van der Waals surface area contributed by atoms with Gasteiger partial charge in [0.05, 0.1) is 13.0 Å². The van der Waals surface area contributed by atoms with E-state index < -0.39 is 23.9 Å². The Bertz CT molecular complexity index is 819. The molecular weight excluding hydrogens is 370 g/mol. The largest absolute Gasteiger partial charge is 0.481 e. The van der Waals surface area contributed by atoms with E-state index in [2.05, 4.69) is 10.1 Å². The van der Waals surface area contributed by atoms with Gasteiger partial charge in [0.1, 0.15) is 0 Å². The summed E-state index contributed by atoms with van der Waals surface area (Å²) in [6, 6.07) is 14.2. The van der Waals surface area contributed by atoms with Gasteiger partial charge in [0.2, 0.25) is 0 Å². The fraction of sp³-hybridized carbons (Fsp3) is 0.250. The maximum absolute atomic E-state index is 11.8. The minimum atomic E-state index is -1.07. The van der Waals surface area contributed by atoms with Gasteiger partial charge < -0.3 is 15.2 Å². The summed E-state index contributed by atoms with van der Waals surface area (Å²) in [6.45, 7) is 1.65. The number of carboxylic acids is 1. The van der Waals surface area contributed by atoms with Gasteiger partial charge in [0, 0.05) is 11.1 Å². The third kappa shape index (κ3) is 6.42. The molecule has 142 valence electrons. The van der Waals surface area contributed by atoms with E-state index in [1.807, 2.05) is 42.5 Å². The number of hydrogen-bond donors (Lipinski definition) is 2. The average Bonchev–Trinajstić information content (AvgIpc) is 2.62. The van der Waals surface area contributed by atoms with Crippen molar-refractivity contribution >= 4 is 29.4 Å². The maximum atomic E-state index is 11.8. The lowest BCUT2D eigenvalue weighted by Gasteiger charge is -2.16. The highest BCUT2D eigenvalue weighted by Crippen LogP contribution is 2.23. The zero-order valence-corrected chi connectivity index (χ0v) is 15.5. The van der Waals surface area contributed by atoms with Gasteiger partial charge >= 0.3 is 17.8 Å². The number of carboxylic acid groups (broad SMARTS) is 1. The number of ether oxygens (including phenoxy) is 1. The van der Waals surface area contributed by atoms with Crippen molar-refractivity contribution < 1.29 is 24.2 Å². The average molecular weight is 390 g/mol. The molecule has 0 aliphatic heterocycles. The number of aliphatic carboxylic acids is 1. The summed E-state index contributed by atoms with van der Waals surface area (Å²) in [5, 5.41) is 12.1. The zero-order valence-electron chi connectivity index (χ0n) is 14.8. The van der Waals surface area contributed by atoms with E-state index in [1.165, 1.54) is 0 Å². The van der Waals surface area contributed by atoms with E-state index in [-0.39, 0.29) is 19.4 Å². The normalized spacial score (nSPS) is 11.5. The number of esters is 1. The SMILES string of the molecule is CCOC(=O)C(=O)N[C@@H](CC(=O)O)Cc1ccc(-c2cccc(Cl)c2)cc1. The Morgan fingerprint density at radius 3 is 2.41 bits per heavy atom. The summed E-state index contributed by atoms with van der Waals surface area (Å²) < 4.78 is 4.62. The van der Waals surface area contributed by atoms with Gasteiger partial charge in [-0.25, -0.2) is 4.79 Å². The van der Waals surface area contributed by atoms with Crippen LogP contribution < -0.4 is 5.32 Å². The van der Waals surface area contributed by atoms with Crippen molar-refractivity contribution in [3.63, 3.8) is 0 Å². The van der Waals surface area contributed by atoms with Crippen LogP contribution in [-0.4, -0.2) is 35.6 Å². The molecule has 7 heteroatoms. The summed E-state index contributed by atoms with van der Waals surface area (Å²) >= 11 is 6.01. The molecule has 0 saturated heterocycles. The molecule has 2 N–H and O–H groups in total. The van der Waals surface area contributed by atoms with Gasteiger partial charge in [-0.2, -0.15) is 0 Å². The highest BCUT2D eigenvalue weighted by molar-refractivity contribution is 6.32. The summed E-state index contributed by atoms with van der Waals surface area (Å²) in [4.78, 5) is 34.3. The van der Waals surface area contributed by atoms with E-state index in [0.29, 0.717) is 5.02 Å². The highest BCUT2D eigenvalue weighted by Gasteiger charge is 2.22. The monoisotopic (exact) mass is 389 g/mol. The number of halogens is 1. The molecular formula is C20H20ClNO5. The van der Waals surface area contributed by atoms with E-state index >= 15 is 0 Å². The van der Waals surface area contributed by atoms with Crippen LogP contribution in [0.1, 0.15) is 18.9 Å². The quantitative estimate of drug-likeness (QED) is 0.560. The lowest BCUT2D eigenvalue weighted by atomic mass is 9.99. The van der Waals surface area contributed by atoms with Crippen LogP contribution in [0.3, 0.4) is 0 Å². The molecule has 0 spiro atoms. The summed E-state index contributed by atoms with van der Waals surface area (Å²) in [5.41, 5.74) is 2.76. The maximum Gasteiger partial charge on any atom is 0.396 e. The minimum absolute atomic E-state index is 0.0703. The third-order valence-corrected chi connectivity index (χ3v) is 4.05. The molecule has 2 aromatic carbocycles. The molecule has 0 saturated carbocycles. The Balaban J connectivity index is 2.09. The number of nitrogens with one attached hydrogen (secondary N) is 1. The predicted molar refractivity (Wildman–Crippen MR) is 101 cm³/mol. The van der Waals surface area contributed by atoms with E-state index in [0.717, 1.165) is 16.7 Å². The van der Waals surface area contributed by atoms with Crippen molar-refractivity contribution in [3.8, 4) is 11.1 Å². The molecule has 2 rings (SSSR count). The number of amides is 1. The third-order valence-electron chi connectivity index (χ3n) is 3.81. The summed E-state index contributed by atoms with van der Waals surface area (Å²) in [6.07, 6.45) is -0.0333. The smallest absolute Gasteiger partial charge is 0.396 e. The second-order valence-corrected chi connectivity index (χ2v) is 6.34. The molecule has 0 fully saturated rings. The Hall–Kier alpha value is -2.86. The molecule has 0 aliphatic rings. The predicted octanol–water partition coefficient (Wildman–Crippen LogP) is 3.07. The van der Waals surface area contributed by atoms with Crippen molar-refractivity contribution in [1.82, 2.24) is 5.32 Å². The number of rotatable bonds is 7. The minimum Gasteiger partial charge on any atom is -0.481 e. The van der Waals surface area contributed by atoms with Crippen molar-refractivity contribution in [2.24, 2.45) is 0 Å². The second kappa shape index (κ2) is 9.73. The van der Waals surface area contributed by atoms with Crippen LogP contribution in [-0.2, 0) is 25.5 Å². The molecule has 0 bridgehead atoms. The molecule has 0 radical (unpaired) electrons. The van der Waals surface area contributed by atoms with Gasteiger partial charge in [-0.15, -0.1) is 0 Å². The van der Waals surface area contributed by atoms with Crippen molar-refractivity contribution in [3.05, 3.63) is 59.1 Å². The van der Waals surface area contributed by atoms with Crippen molar-refractivity contribution in [2.45, 2.75) is 25.8 Å². The van der Waals surface area contributed by atoms with Crippen molar-refractivity contribution in [1.29, 1.82) is 0 Å². The Morgan fingerprint density at radius 2 is 1.81 bits per heavy atom. The van der Waals surface area contributed by atoms with Gasteiger partial charge in [0.25, 0.3) is 0 Å². The van der Waals surface area contributed by atoms with E-state index in [9.17, 15) is 14.4 Å². The Morgan fingerprint density at radius 1 is 1.11 bits per heavy atom. The fourth-order valence-electron chi connectivity index (χ4n) is 2.61. The summed E-state index contributed by atoms with van der Waals surface area (Å²) in [5.74, 6) is -3.04. The first-order chi connectivity index (χ1) is 12.9. The first-order valence-electron chi connectivity index (χ1n) is 8.43. The Kier molecular flexibility index (Phi) is 7.37. The van der Waals surface area contributed by atoms with E-state index in [4.69, 9.17) is 16.7 Å². The van der Waals surface area contributed by atoms with Crippen LogP contribution in [0.4, 0.5) is 0 Å². The van der Waals surface area contributed by atoms with Crippen LogP contribution in [0, 0.1) is 0 Å². The van der Waals surface area contributed by atoms with Gasteiger partial charge in [-0.1, -0.05) is 48.0 Å². The highest BCUT2D eigenvalue weighted by atomic mass is 35.5. The van der Waals surface area contributed by atoms with Crippen LogP contribution in [0.25, 0.3) is 11.1 Å². The van der Waals surface area contributed by atoms with Gasteiger partial charge in [0.15, 0.2) is 0 Å². The van der Waals surface area contributed by atoms with Gasteiger partial charge in [-0.3, -0.25) is 9.59 Å². The molecule has 0 aromatic heterocycles. The van der Waals surface area contributed by atoms with Crippen molar-refractivity contribution in [2.75, 3.05) is 6.61 Å².